The van der Waals surface area contributed by atoms with Crippen molar-refractivity contribution in [3.8, 4) is 0 Å². The fourth-order valence-corrected chi connectivity index (χ4v) is 5.63. The van der Waals surface area contributed by atoms with E-state index in [9.17, 15) is 18.0 Å². The Balaban J connectivity index is 1.56. The van der Waals surface area contributed by atoms with E-state index in [2.05, 4.69) is 5.32 Å². The zero-order valence-corrected chi connectivity index (χ0v) is 19.4. The van der Waals surface area contributed by atoms with Gasteiger partial charge < -0.3 is 10.2 Å². The van der Waals surface area contributed by atoms with Crippen LogP contribution >= 0.6 is 11.6 Å². The Hall–Kier alpha value is -3.16. The van der Waals surface area contributed by atoms with Gasteiger partial charge in [-0.05, 0) is 34.9 Å². The molecule has 2 amide bonds. The lowest BCUT2D eigenvalue weighted by molar-refractivity contribution is -0.125. The Morgan fingerprint density at radius 3 is 2.30 bits per heavy atom. The molecule has 3 aromatic carbocycles. The molecule has 1 heterocycles. The number of carbonyl (C=O) groups is 2. The molecule has 8 heteroatoms. The topological polar surface area (TPSA) is 83.6 Å². The monoisotopic (exact) mass is 482 g/mol. The van der Waals surface area contributed by atoms with E-state index < -0.39 is 27.5 Å². The molecule has 0 radical (unpaired) electrons. The summed E-state index contributed by atoms with van der Waals surface area (Å²) in [4.78, 5) is 27.6. The van der Waals surface area contributed by atoms with Gasteiger partial charge in [0.25, 0.3) is 5.91 Å². The second-order valence-corrected chi connectivity index (χ2v) is 10.5. The summed E-state index contributed by atoms with van der Waals surface area (Å²) in [5, 5.41) is 3.37. The maximum Gasteiger partial charge on any atom is 0.255 e. The minimum Gasteiger partial charge on any atom is -0.350 e. The van der Waals surface area contributed by atoms with Crippen molar-refractivity contribution in [2.24, 2.45) is 0 Å². The van der Waals surface area contributed by atoms with Crippen LogP contribution in [0.15, 0.2) is 78.9 Å². The zero-order chi connectivity index (χ0) is 23.4. The third-order valence-electron chi connectivity index (χ3n) is 5.55. The predicted octanol–water partition coefficient (Wildman–Crippen LogP) is 3.60. The molecule has 3 aromatic rings. The van der Waals surface area contributed by atoms with Crippen molar-refractivity contribution in [2.45, 2.75) is 24.9 Å². The highest BCUT2D eigenvalue weighted by Crippen LogP contribution is 2.25. The van der Waals surface area contributed by atoms with E-state index in [0.717, 1.165) is 11.1 Å². The van der Waals surface area contributed by atoms with Crippen LogP contribution in [-0.2, 0) is 33.5 Å². The van der Waals surface area contributed by atoms with Crippen molar-refractivity contribution in [1.29, 1.82) is 0 Å². The van der Waals surface area contributed by atoms with Gasteiger partial charge in [0.05, 0.1) is 11.5 Å². The van der Waals surface area contributed by atoms with Crippen molar-refractivity contribution < 1.29 is 18.0 Å². The van der Waals surface area contributed by atoms with Crippen LogP contribution in [0.3, 0.4) is 0 Å². The van der Waals surface area contributed by atoms with Crippen LogP contribution in [0, 0.1) is 0 Å². The van der Waals surface area contributed by atoms with Gasteiger partial charge in [-0.15, -0.1) is 0 Å². The molecular weight excluding hydrogens is 460 g/mol. The molecule has 1 N–H and O–H groups in total. The highest BCUT2D eigenvalue weighted by molar-refractivity contribution is 7.90. The van der Waals surface area contributed by atoms with Crippen molar-refractivity contribution in [2.75, 3.05) is 5.75 Å². The van der Waals surface area contributed by atoms with E-state index >= 15 is 0 Å². The Labute approximate surface area is 198 Å². The van der Waals surface area contributed by atoms with E-state index in [-0.39, 0.29) is 24.7 Å². The maximum absolute atomic E-state index is 13.2. The molecule has 0 saturated carbocycles. The minimum absolute atomic E-state index is 0.189. The SMILES string of the molecule is O=C(NCc1ccc(Cl)cc1)[C@@H](CS(=O)(=O)Cc1ccccc1)N1Cc2ccccc2C1=O. The largest absolute Gasteiger partial charge is 0.350 e. The number of rotatable bonds is 8. The summed E-state index contributed by atoms with van der Waals surface area (Å²) in [6.45, 7) is 0.384. The molecule has 4 rings (SSSR count). The summed E-state index contributed by atoms with van der Waals surface area (Å²) < 4.78 is 26.1. The third kappa shape index (κ3) is 5.61. The average molecular weight is 483 g/mol. The van der Waals surface area contributed by atoms with Crippen LogP contribution < -0.4 is 5.32 Å². The van der Waals surface area contributed by atoms with E-state index in [0.29, 0.717) is 16.1 Å². The van der Waals surface area contributed by atoms with Crippen LogP contribution in [0.5, 0.6) is 0 Å². The molecule has 0 bridgehead atoms. The molecule has 6 nitrogen and oxygen atoms in total. The third-order valence-corrected chi connectivity index (χ3v) is 7.40. The lowest BCUT2D eigenvalue weighted by atomic mass is 10.1. The summed E-state index contributed by atoms with van der Waals surface area (Å²) in [7, 11) is -3.69. The minimum atomic E-state index is -3.69. The van der Waals surface area contributed by atoms with E-state index in [1.54, 1.807) is 60.7 Å². The Bertz CT molecular complexity index is 1260. The fraction of sp³-hybridized carbons (Fsp3) is 0.200. The van der Waals surface area contributed by atoms with Gasteiger partial charge in [-0.1, -0.05) is 72.3 Å². The average Bonchev–Trinajstić information content (AvgIpc) is 3.14. The van der Waals surface area contributed by atoms with Crippen LogP contribution in [0.1, 0.15) is 27.0 Å². The fourth-order valence-electron chi connectivity index (χ4n) is 3.87. The van der Waals surface area contributed by atoms with Gasteiger partial charge in [0, 0.05) is 23.7 Å². The first-order valence-corrected chi connectivity index (χ1v) is 12.7. The Kier molecular flexibility index (Phi) is 6.81. The molecule has 0 spiro atoms. The number of sulfone groups is 1. The standard InChI is InChI=1S/C25H23ClN2O4S/c26-21-12-10-18(11-13-21)14-27-24(29)23(17-33(31,32)16-19-6-2-1-3-7-19)28-15-20-8-4-5-9-22(20)25(28)30/h1-13,23H,14-17H2,(H,27,29)/t23-/m1/s1. The van der Waals surface area contributed by atoms with Gasteiger partial charge in [0.15, 0.2) is 9.84 Å². The number of amides is 2. The molecule has 1 aliphatic heterocycles. The van der Waals surface area contributed by atoms with Gasteiger partial charge >= 0.3 is 0 Å². The lowest BCUT2D eigenvalue weighted by Gasteiger charge is -2.27. The molecule has 0 saturated heterocycles. The second kappa shape index (κ2) is 9.77. The van der Waals surface area contributed by atoms with Gasteiger partial charge in [-0.3, -0.25) is 9.59 Å². The number of nitrogens with zero attached hydrogens (tertiary/aromatic N) is 1. The van der Waals surface area contributed by atoms with Crippen LogP contribution in [0.2, 0.25) is 5.02 Å². The quantitative estimate of drug-likeness (QED) is 0.531. The normalized spacial score (nSPS) is 14.1. The molecule has 170 valence electrons. The summed E-state index contributed by atoms with van der Waals surface area (Å²) >= 11 is 5.91. The smallest absolute Gasteiger partial charge is 0.255 e. The molecule has 0 aromatic heterocycles. The molecule has 1 atom stereocenters. The van der Waals surface area contributed by atoms with Crippen molar-refractivity contribution in [3.05, 3.63) is 106 Å². The number of hydrogen-bond acceptors (Lipinski definition) is 4. The van der Waals surface area contributed by atoms with Crippen molar-refractivity contribution in [1.82, 2.24) is 10.2 Å². The Morgan fingerprint density at radius 1 is 0.939 bits per heavy atom. The van der Waals surface area contributed by atoms with Gasteiger partial charge in [-0.2, -0.15) is 0 Å². The predicted molar refractivity (Wildman–Crippen MR) is 127 cm³/mol. The van der Waals surface area contributed by atoms with Crippen LogP contribution in [0.25, 0.3) is 0 Å². The van der Waals surface area contributed by atoms with E-state index in [4.69, 9.17) is 11.6 Å². The van der Waals surface area contributed by atoms with E-state index in [1.165, 1.54) is 4.90 Å². The van der Waals surface area contributed by atoms with Crippen molar-refractivity contribution >= 4 is 33.3 Å². The molecule has 1 aliphatic rings. The first kappa shape index (κ1) is 23.0. The molecule has 33 heavy (non-hydrogen) atoms. The summed E-state index contributed by atoms with van der Waals surface area (Å²) in [6.07, 6.45) is 0. The van der Waals surface area contributed by atoms with Crippen LogP contribution in [-0.4, -0.2) is 36.9 Å². The highest BCUT2D eigenvalue weighted by Gasteiger charge is 2.38. The molecular formula is C25H23ClN2O4S. The van der Waals surface area contributed by atoms with Gasteiger partial charge in [0.2, 0.25) is 5.91 Å². The van der Waals surface area contributed by atoms with E-state index in [1.807, 2.05) is 18.2 Å². The number of halogens is 1. The number of fused-ring (bicyclic) bond motifs is 1. The number of carbonyl (C=O) groups excluding carboxylic acids is 2. The van der Waals surface area contributed by atoms with Gasteiger partial charge in [0.1, 0.15) is 6.04 Å². The summed E-state index contributed by atoms with van der Waals surface area (Å²) in [5.41, 5.74) is 2.72. The molecule has 0 aliphatic carbocycles. The number of nitrogens with one attached hydrogen (secondary N) is 1. The highest BCUT2D eigenvalue weighted by atomic mass is 35.5. The Morgan fingerprint density at radius 2 is 1.61 bits per heavy atom. The first-order chi connectivity index (χ1) is 15.8. The number of benzene rings is 3. The summed E-state index contributed by atoms with van der Waals surface area (Å²) in [6, 6.07) is 21.7. The van der Waals surface area contributed by atoms with Gasteiger partial charge in [-0.25, -0.2) is 8.42 Å². The zero-order valence-electron chi connectivity index (χ0n) is 17.8. The summed E-state index contributed by atoms with van der Waals surface area (Å²) in [5.74, 6) is -1.52. The maximum atomic E-state index is 13.2. The first-order valence-electron chi connectivity index (χ1n) is 10.5. The lowest BCUT2D eigenvalue weighted by Crippen LogP contribution is -2.50. The van der Waals surface area contributed by atoms with Crippen LogP contribution in [0.4, 0.5) is 0 Å². The molecule has 0 unspecified atom stereocenters. The van der Waals surface area contributed by atoms with Crippen molar-refractivity contribution in [3.63, 3.8) is 0 Å². The molecule has 0 fully saturated rings. The second-order valence-electron chi connectivity index (χ2n) is 7.99. The number of hydrogen-bond donors (Lipinski definition) is 1.